The summed E-state index contributed by atoms with van der Waals surface area (Å²) < 4.78 is 2.65. The molecule has 0 spiro atoms. The highest BCUT2D eigenvalue weighted by Gasteiger charge is 2.14. The largest absolute Gasteiger partial charge is 0.356 e. The van der Waals surface area contributed by atoms with Crippen LogP contribution in [0.4, 0.5) is 0 Å². The molecule has 4 aromatic rings. The lowest BCUT2D eigenvalue weighted by atomic mass is 9.88. The van der Waals surface area contributed by atoms with Crippen molar-refractivity contribution in [2.24, 2.45) is 0 Å². The number of benzene rings is 3. The molecule has 4 rings (SSSR count). The normalized spacial score (nSPS) is 11.1. The fourth-order valence-corrected chi connectivity index (χ4v) is 4.70. The summed E-state index contributed by atoms with van der Waals surface area (Å²) in [6.45, 7) is 0.988. The lowest BCUT2D eigenvalue weighted by Gasteiger charge is -2.18. The van der Waals surface area contributed by atoms with Crippen LogP contribution in [0, 0.1) is 0 Å². The molecule has 0 unspecified atom stereocenters. The van der Waals surface area contributed by atoms with Crippen molar-refractivity contribution in [3.05, 3.63) is 106 Å². The third-order valence-electron chi connectivity index (χ3n) is 5.30. The second kappa shape index (κ2) is 9.55. The Labute approximate surface area is 179 Å². The minimum absolute atomic E-state index is 0.0165. The van der Waals surface area contributed by atoms with Crippen molar-refractivity contribution >= 4 is 27.5 Å². The molecule has 3 aromatic carbocycles. The van der Waals surface area contributed by atoms with Crippen molar-refractivity contribution in [3.63, 3.8) is 0 Å². The molecule has 5 heteroatoms. The Hall–Kier alpha value is -3.18. The molecule has 1 heterocycles. The first-order valence-electron chi connectivity index (χ1n) is 10.2. The quantitative estimate of drug-likeness (QED) is 0.449. The van der Waals surface area contributed by atoms with E-state index in [9.17, 15) is 9.59 Å². The Morgan fingerprint density at radius 1 is 0.867 bits per heavy atom. The summed E-state index contributed by atoms with van der Waals surface area (Å²) in [5, 5.41) is 3.03. The lowest BCUT2D eigenvalue weighted by Crippen LogP contribution is -2.27. The number of carbonyl (C=O) groups excluding carboxylic acids is 1. The van der Waals surface area contributed by atoms with Crippen LogP contribution in [0.3, 0.4) is 0 Å². The summed E-state index contributed by atoms with van der Waals surface area (Å²) in [7, 11) is 0. The van der Waals surface area contributed by atoms with E-state index in [-0.39, 0.29) is 16.7 Å². The monoisotopic (exact) mass is 416 g/mol. The molecule has 0 aliphatic heterocycles. The Balaban J connectivity index is 1.36. The highest BCUT2D eigenvalue weighted by atomic mass is 32.1. The molecule has 0 radical (unpaired) electrons. The van der Waals surface area contributed by atoms with E-state index in [0.29, 0.717) is 19.5 Å². The van der Waals surface area contributed by atoms with Gasteiger partial charge in [0, 0.05) is 25.4 Å². The van der Waals surface area contributed by atoms with Crippen molar-refractivity contribution in [2.45, 2.75) is 25.3 Å². The van der Waals surface area contributed by atoms with Crippen molar-refractivity contribution in [1.82, 2.24) is 9.88 Å². The van der Waals surface area contributed by atoms with Crippen molar-refractivity contribution < 1.29 is 4.79 Å². The Bertz CT molecular complexity index is 1130. The minimum Gasteiger partial charge on any atom is -0.356 e. The number of para-hydroxylation sites is 1. The van der Waals surface area contributed by atoms with E-state index >= 15 is 0 Å². The number of nitrogens with zero attached hydrogens (tertiary/aromatic N) is 1. The van der Waals surface area contributed by atoms with Gasteiger partial charge in [-0.05, 0) is 29.7 Å². The van der Waals surface area contributed by atoms with Crippen LogP contribution in [0.25, 0.3) is 10.2 Å². The van der Waals surface area contributed by atoms with Crippen LogP contribution in [0.5, 0.6) is 0 Å². The van der Waals surface area contributed by atoms with Crippen LogP contribution >= 0.6 is 11.3 Å². The molecule has 0 fully saturated rings. The topological polar surface area (TPSA) is 51.1 Å². The van der Waals surface area contributed by atoms with E-state index in [0.717, 1.165) is 16.6 Å². The molecule has 152 valence electrons. The van der Waals surface area contributed by atoms with Crippen LogP contribution < -0.4 is 10.2 Å². The molecule has 1 amide bonds. The zero-order chi connectivity index (χ0) is 20.8. The van der Waals surface area contributed by atoms with E-state index in [2.05, 4.69) is 29.6 Å². The maximum atomic E-state index is 12.4. The number of hydrogen-bond donors (Lipinski definition) is 1. The van der Waals surface area contributed by atoms with Gasteiger partial charge in [0.25, 0.3) is 0 Å². The van der Waals surface area contributed by atoms with Crippen molar-refractivity contribution in [2.75, 3.05) is 6.54 Å². The molecular weight excluding hydrogens is 392 g/mol. The highest BCUT2D eigenvalue weighted by molar-refractivity contribution is 7.16. The maximum Gasteiger partial charge on any atom is 0.308 e. The molecule has 1 N–H and O–H groups in total. The lowest BCUT2D eigenvalue weighted by molar-refractivity contribution is -0.121. The number of carbonyl (C=O) groups is 1. The average Bonchev–Trinajstić information content (AvgIpc) is 3.11. The van der Waals surface area contributed by atoms with E-state index in [4.69, 9.17) is 0 Å². The summed E-state index contributed by atoms with van der Waals surface area (Å²) in [6.07, 6.45) is 1.11. The van der Waals surface area contributed by atoms with Crippen molar-refractivity contribution in [3.8, 4) is 0 Å². The molecule has 0 bridgehead atoms. The number of amides is 1. The van der Waals surface area contributed by atoms with Gasteiger partial charge in [0.15, 0.2) is 0 Å². The summed E-state index contributed by atoms with van der Waals surface area (Å²) in [4.78, 5) is 24.6. The Morgan fingerprint density at radius 2 is 1.47 bits per heavy atom. The van der Waals surface area contributed by atoms with Gasteiger partial charge in [-0.25, -0.2) is 0 Å². The molecule has 30 heavy (non-hydrogen) atoms. The SMILES string of the molecule is O=C(CCn1c(=O)sc2ccccc21)NCCC(c1ccccc1)c1ccccc1. The predicted octanol–water partition coefficient (Wildman–Crippen LogP) is 4.79. The molecule has 4 nitrogen and oxygen atoms in total. The molecule has 0 aliphatic rings. The van der Waals surface area contributed by atoms with Crippen LogP contribution in [0.2, 0.25) is 0 Å². The van der Waals surface area contributed by atoms with Gasteiger partial charge < -0.3 is 5.32 Å². The molecule has 0 aliphatic carbocycles. The summed E-state index contributed by atoms with van der Waals surface area (Å²) in [5.74, 6) is 0.202. The number of aromatic nitrogens is 1. The number of aryl methyl sites for hydroxylation is 1. The third kappa shape index (κ3) is 4.69. The molecular formula is C25H24N2O2S. The fourth-order valence-electron chi connectivity index (χ4n) is 3.78. The van der Waals surface area contributed by atoms with Crippen LogP contribution in [-0.2, 0) is 11.3 Å². The Morgan fingerprint density at radius 3 is 2.13 bits per heavy atom. The summed E-state index contributed by atoms with van der Waals surface area (Å²) >= 11 is 1.22. The first kappa shape index (κ1) is 20.1. The van der Waals surface area contributed by atoms with E-state index in [1.54, 1.807) is 4.57 Å². The first-order valence-corrected chi connectivity index (χ1v) is 11.0. The highest BCUT2D eigenvalue weighted by Crippen LogP contribution is 2.27. The second-order valence-electron chi connectivity index (χ2n) is 7.25. The van der Waals surface area contributed by atoms with Gasteiger partial charge in [-0.3, -0.25) is 14.2 Å². The van der Waals surface area contributed by atoms with E-state index < -0.39 is 0 Å². The molecule has 1 aromatic heterocycles. The van der Waals surface area contributed by atoms with Crippen LogP contribution in [-0.4, -0.2) is 17.0 Å². The minimum atomic E-state index is -0.0305. The summed E-state index contributed by atoms with van der Waals surface area (Å²) in [6, 6.07) is 28.5. The number of nitrogens with one attached hydrogen (secondary N) is 1. The van der Waals surface area contributed by atoms with Gasteiger partial charge in [0.1, 0.15) is 0 Å². The zero-order valence-electron chi connectivity index (χ0n) is 16.7. The smallest absolute Gasteiger partial charge is 0.308 e. The maximum absolute atomic E-state index is 12.4. The fraction of sp³-hybridized carbons (Fsp3) is 0.200. The number of fused-ring (bicyclic) bond motifs is 1. The first-order chi connectivity index (χ1) is 14.7. The summed E-state index contributed by atoms with van der Waals surface area (Å²) in [5.41, 5.74) is 3.39. The number of hydrogen-bond acceptors (Lipinski definition) is 3. The predicted molar refractivity (Wildman–Crippen MR) is 123 cm³/mol. The van der Waals surface area contributed by atoms with Crippen molar-refractivity contribution in [1.29, 1.82) is 0 Å². The van der Waals surface area contributed by atoms with E-state index in [1.165, 1.54) is 22.5 Å². The van der Waals surface area contributed by atoms with Gasteiger partial charge in [0.05, 0.1) is 10.2 Å². The standard InChI is InChI=1S/C25H24N2O2S/c28-24(16-18-27-22-13-7-8-14-23(22)30-25(27)29)26-17-15-21(19-9-3-1-4-10-19)20-11-5-2-6-12-20/h1-14,21H,15-18H2,(H,26,28). The van der Waals surface area contributed by atoms with Gasteiger partial charge in [0.2, 0.25) is 5.91 Å². The number of rotatable bonds is 8. The molecule has 0 saturated heterocycles. The Kier molecular flexibility index (Phi) is 6.40. The van der Waals surface area contributed by atoms with Crippen LogP contribution in [0.1, 0.15) is 29.9 Å². The third-order valence-corrected chi connectivity index (χ3v) is 6.26. The second-order valence-corrected chi connectivity index (χ2v) is 8.24. The zero-order valence-corrected chi connectivity index (χ0v) is 17.5. The van der Waals surface area contributed by atoms with Gasteiger partial charge in [-0.15, -0.1) is 0 Å². The van der Waals surface area contributed by atoms with Gasteiger partial charge in [-0.1, -0.05) is 84.1 Å². The van der Waals surface area contributed by atoms with Crippen LogP contribution in [0.15, 0.2) is 89.7 Å². The molecule has 0 atom stereocenters. The van der Waals surface area contributed by atoms with E-state index in [1.807, 2.05) is 60.7 Å². The molecule has 0 saturated carbocycles. The number of thiazole rings is 1. The average molecular weight is 417 g/mol. The van der Waals surface area contributed by atoms with Gasteiger partial charge >= 0.3 is 4.87 Å². The van der Waals surface area contributed by atoms with Gasteiger partial charge in [-0.2, -0.15) is 0 Å².